The van der Waals surface area contributed by atoms with E-state index in [0.29, 0.717) is 16.3 Å². The smallest absolute Gasteiger partial charge is 0.323 e. The number of hydrogen-bond donors (Lipinski definition) is 1. The van der Waals surface area contributed by atoms with E-state index in [4.69, 9.17) is 11.6 Å². The van der Waals surface area contributed by atoms with Crippen molar-refractivity contribution in [3.8, 4) is 0 Å². The summed E-state index contributed by atoms with van der Waals surface area (Å²) in [7, 11) is 0. The lowest BCUT2D eigenvalue weighted by Gasteiger charge is -2.12. The van der Waals surface area contributed by atoms with Gasteiger partial charge < -0.3 is 9.88 Å². The van der Waals surface area contributed by atoms with Crippen LogP contribution in [-0.2, 0) is 17.9 Å². The van der Waals surface area contributed by atoms with Gasteiger partial charge in [0.1, 0.15) is 13.1 Å². The lowest BCUT2D eigenvalue weighted by atomic mass is 10.2. The van der Waals surface area contributed by atoms with Gasteiger partial charge in [-0.3, -0.25) is 19.0 Å². The van der Waals surface area contributed by atoms with Gasteiger partial charge in [0, 0.05) is 12.4 Å². The molecule has 0 unspecified atom stereocenters. The van der Waals surface area contributed by atoms with E-state index >= 15 is 0 Å². The second kappa shape index (κ2) is 7.14. The summed E-state index contributed by atoms with van der Waals surface area (Å²) in [5.74, 6) is -0.647. The van der Waals surface area contributed by atoms with Crippen molar-refractivity contribution in [3.63, 3.8) is 0 Å². The standard InChI is InChI=1S/C15H13ClF3N3O3/c1-9-3-2-4-10(16)12(9)20-11(23)7-21-5-6-22(8-15(17,18)19)14(25)13(21)24/h2-6H,7-8H2,1H3,(H,20,23). The van der Waals surface area contributed by atoms with Crippen LogP contribution in [0, 0.1) is 6.92 Å². The van der Waals surface area contributed by atoms with Gasteiger partial charge in [0.15, 0.2) is 0 Å². The van der Waals surface area contributed by atoms with E-state index in [9.17, 15) is 27.6 Å². The highest BCUT2D eigenvalue weighted by Gasteiger charge is 2.28. The van der Waals surface area contributed by atoms with Crippen LogP contribution in [0.3, 0.4) is 0 Å². The first kappa shape index (κ1) is 18.8. The molecule has 0 saturated carbocycles. The number of rotatable bonds is 4. The maximum absolute atomic E-state index is 12.3. The SMILES string of the molecule is Cc1cccc(Cl)c1NC(=O)Cn1ccn(CC(F)(F)F)c(=O)c1=O. The maximum atomic E-state index is 12.3. The number of aromatic nitrogens is 2. The quantitative estimate of drug-likeness (QED) is 0.832. The number of anilines is 1. The van der Waals surface area contributed by atoms with Crippen LogP contribution in [-0.4, -0.2) is 21.2 Å². The van der Waals surface area contributed by atoms with Gasteiger partial charge in [-0.2, -0.15) is 13.2 Å². The number of hydrogen-bond acceptors (Lipinski definition) is 3. The average Bonchev–Trinajstić information content (AvgIpc) is 2.50. The predicted octanol–water partition coefficient (Wildman–Crippen LogP) is 2.17. The molecule has 1 aromatic carbocycles. The topological polar surface area (TPSA) is 73.1 Å². The number of alkyl halides is 3. The van der Waals surface area contributed by atoms with Gasteiger partial charge in [0.25, 0.3) is 0 Å². The summed E-state index contributed by atoms with van der Waals surface area (Å²) in [5, 5.41) is 2.80. The Morgan fingerprint density at radius 1 is 1.16 bits per heavy atom. The third-order valence-corrected chi connectivity index (χ3v) is 3.60. The fourth-order valence-electron chi connectivity index (χ4n) is 2.11. The molecule has 0 atom stereocenters. The molecule has 134 valence electrons. The van der Waals surface area contributed by atoms with Gasteiger partial charge >= 0.3 is 17.3 Å². The zero-order valence-electron chi connectivity index (χ0n) is 12.9. The molecule has 1 heterocycles. The summed E-state index contributed by atoms with van der Waals surface area (Å²) < 4.78 is 38.0. The van der Waals surface area contributed by atoms with Crippen LogP contribution < -0.4 is 16.4 Å². The summed E-state index contributed by atoms with van der Waals surface area (Å²) in [5.41, 5.74) is -1.54. The first-order chi connectivity index (χ1) is 11.6. The lowest BCUT2D eigenvalue weighted by Crippen LogP contribution is -2.43. The molecular weight excluding hydrogens is 363 g/mol. The molecule has 6 nitrogen and oxygen atoms in total. The molecule has 0 aliphatic carbocycles. The Kier molecular flexibility index (Phi) is 5.36. The average molecular weight is 376 g/mol. The number of carbonyl (C=O) groups excluding carboxylic acids is 1. The number of aryl methyl sites for hydroxylation is 1. The molecule has 0 bridgehead atoms. The minimum Gasteiger partial charge on any atom is -0.323 e. The zero-order chi connectivity index (χ0) is 18.8. The van der Waals surface area contributed by atoms with Gasteiger partial charge in [-0.05, 0) is 18.6 Å². The molecule has 0 spiro atoms. The molecule has 1 N–H and O–H groups in total. The molecule has 2 aromatic rings. The molecule has 0 aliphatic heterocycles. The number of benzene rings is 1. The molecule has 0 saturated heterocycles. The van der Waals surface area contributed by atoms with E-state index in [1.807, 2.05) is 0 Å². The Labute approximate surface area is 144 Å². The van der Waals surface area contributed by atoms with E-state index in [1.165, 1.54) is 0 Å². The van der Waals surface area contributed by atoms with Crippen molar-refractivity contribution < 1.29 is 18.0 Å². The lowest BCUT2D eigenvalue weighted by molar-refractivity contribution is -0.141. The van der Waals surface area contributed by atoms with Crippen molar-refractivity contribution in [2.75, 3.05) is 5.32 Å². The summed E-state index contributed by atoms with van der Waals surface area (Å²) in [6.45, 7) is -0.398. The maximum Gasteiger partial charge on any atom is 0.406 e. The van der Waals surface area contributed by atoms with Crippen LogP contribution in [0.25, 0.3) is 0 Å². The van der Waals surface area contributed by atoms with Crippen molar-refractivity contribution in [1.29, 1.82) is 0 Å². The normalized spacial score (nSPS) is 11.4. The Bertz CT molecular complexity index is 898. The summed E-state index contributed by atoms with van der Waals surface area (Å²) in [6.07, 6.45) is -2.87. The second-order valence-corrected chi connectivity index (χ2v) is 5.67. The molecule has 1 amide bonds. The number of carbonyl (C=O) groups is 1. The van der Waals surface area contributed by atoms with Crippen molar-refractivity contribution in [3.05, 3.63) is 61.9 Å². The Morgan fingerprint density at radius 2 is 1.76 bits per heavy atom. The summed E-state index contributed by atoms with van der Waals surface area (Å²) in [6, 6.07) is 4.97. The van der Waals surface area contributed by atoms with E-state index in [1.54, 1.807) is 25.1 Å². The first-order valence-electron chi connectivity index (χ1n) is 7.00. The fraction of sp³-hybridized carbons (Fsp3) is 0.267. The molecule has 0 radical (unpaired) electrons. The number of amides is 1. The number of halogens is 4. The highest BCUT2D eigenvalue weighted by molar-refractivity contribution is 6.33. The largest absolute Gasteiger partial charge is 0.406 e. The van der Waals surface area contributed by atoms with Gasteiger partial charge in [0.05, 0.1) is 10.7 Å². The third kappa shape index (κ3) is 4.72. The van der Waals surface area contributed by atoms with Crippen LogP contribution in [0.1, 0.15) is 5.56 Å². The fourth-order valence-corrected chi connectivity index (χ4v) is 2.38. The molecule has 2 rings (SSSR count). The monoisotopic (exact) mass is 375 g/mol. The minimum atomic E-state index is -4.64. The Hall–Kier alpha value is -2.55. The van der Waals surface area contributed by atoms with E-state index in [-0.39, 0.29) is 4.57 Å². The van der Waals surface area contributed by atoms with Crippen LogP contribution in [0.4, 0.5) is 18.9 Å². The summed E-state index contributed by atoms with van der Waals surface area (Å²) >= 11 is 5.97. The molecule has 25 heavy (non-hydrogen) atoms. The van der Waals surface area contributed by atoms with E-state index in [0.717, 1.165) is 17.0 Å². The highest BCUT2D eigenvalue weighted by Crippen LogP contribution is 2.25. The van der Waals surface area contributed by atoms with Crippen molar-refractivity contribution in [2.24, 2.45) is 0 Å². The summed E-state index contributed by atoms with van der Waals surface area (Å²) in [4.78, 5) is 35.6. The van der Waals surface area contributed by atoms with Crippen molar-refractivity contribution in [1.82, 2.24) is 9.13 Å². The van der Waals surface area contributed by atoms with Crippen LogP contribution in [0.2, 0.25) is 5.02 Å². The van der Waals surface area contributed by atoms with Crippen LogP contribution in [0.5, 0.6) is 0 Å². The molecule has 0 aliphatic rings. The number of nitrogens with zero attached hydrogens (tertiary/aromatic N) is 2. The Morgan fingerprint density at radius 3 is 2.36 bits per heavy atom. The first-order valence-corrected chi connectivity index (χ1v) is 7.38. The van der Waals surface area contributed by atoms with Crippen molar-refractivity contribution in [2.45, 2.75) is 26.2 Å². The van der Waals surface area contributed by atoms with Gasteiger partial charge in [-0.1, -0.05) is 23.7 Å². The van der Waals surface area contributed by atoms with Crippen LogP contribution in [0.15, 0.2) is 40.2 Å². The number of nitrogens with one attached hydrogen (secondary N) is 1. The van der Waals surface area contributed by atoms with Crippen LogP contribution >= 0.6 is 11.6 Å². The second-order valence-electron chi connectivity index (χ2n) is 5.26. The van der Waals surface area contributed by atoms with Gasteiger partial charge in [0.2, 0.25) is 5.91 Å². The minimum absolute atomic E-state index is 0.245. The van der Waals surface area contributed by atoms with Gasteiger partial charge in [-0.15, -0.1) is 0 Å². The highest BCUT2D eigenvalue weighted by atomic mass is 35.5. The van der Waals surface area contributed by atoms with Gasteiger partial charge in [-0.25, -0.2) is 0 Å². The zero-order valence-corrected chi connectivity index (χ0v) is 13.7. The molecule has 0 fully saturated rings. The van der Waals surface area contributed by atoms with E-state index < -0.39 is 36.3 Å². The number of para-hydroxylation sites is 1. The molecule has 10 heteroatoms. The predicted molar refractivity (Wildman–Crippen MR) is 85.8 cm³/mol. The van der Waals surface area contributed by atoms with Crippen molar-refractivity contribution >= 4 is 23.2 Å². The molecule has 1 aromatic heterocycles. The third-order valence-electron chi connectivity index (χ3n) is 3.28. The Balaban J connectivity index is 2.21. The van der Waals surface area contributed by atoms with E-state index in [2.05, 4.69) is 5.32 Å². The molecular formula is C15H13ClF3N3O3.